The first-order valence-corrected chi connectivity index (χ1v) is 7.08. The second-order valence-corrected chi connectivity index (χ2v) is 5.40. The molecule has 1 aromatic carbocycles. The van der Waals surface area contributed by atoms with Crippen molar-refractivity contribution < 1.29 is 8.78 Å². The molecule has 0 aliphatic carbocycles. The van der Waals surface area contributed by atoms with E-state index in [2.05, 4.69) is 17.2 Å². The summed E-state index contributed by atoms with van der Waals surface area (Å²) in [6.45, 7) is 5.01. The molecule has 0 amide bonds. The summed E-state index contributed by atoms with van der Waals surface area (Å²) in [7, 11) is 0. The SMILES string of the molecule is CCCNC(C)c1cnc(-c2c(F)cccc2F)s1. The highest BCUT2D eigenvalue weighted by atomic mass is 32.1. The van der Waals surface area contributed by atoms with Crippen LogP contribution >= 0.6 is 11.3 Å². The van der Waals surface area contributed by atoms with Gasteiger partial charge in [-0.2, -0.15) is 0 Å². The van der Waals surface area contributed by atoms with Gasteiger partial charge in [-0.3, -0.25) is 0 Å². The highest BCUT2D eigenvalue weighted by Gasteiger charge is 2.16. The first-order chi connectivity index (χ1) is 9.13. The zero-order valence-electron chi connectivity index (χ0n) is 10.9. The zero-order chi connectivity index (χ0) is 13.8. The lowest BCUT2D eigenvalue weighted by atomic mass is 10.2. The first-order valence-electron chi connectivity index (χ1n) is 6.27. The summed E-state index contributed by atoms with van der Waals surface area (Å²) in [6, 6.07) is 3.99. The summed E-state index contributed by atoms with van der Waals surface area (Å²) in [4.78, 5) is 5.11. The van der Waals surface area contributed by atoms with Gasteiger partial charge in [0.1, 0.15) is 16.6 Å². The van der Waals surface area contributed by atoms with E-state index in [0.29, 0.717) is 5.01 Å². The van der Waals surface area contributed by atoms with Crippen molar-refractivity contribution in [3.05, 3.63) is 40.9 Å². The average Bonchev–Trinajstić information content (AvgIpc) is 2.85. The van der Waals surface area contributed by atoms with Crippen molar-refractivity contribution in [2.75, 3.05) is 6.54 Å². The Bertz CT molecular complexity index is 534. The molecule has 1 N–H and O–H groups in total. The molecule has 1 unspecified atom stereocenters. The molecule has 102 valence electrons. The quantitative estimate of drug-likeness (QED) is 0.891. The molecule has 0 aliphatic rings. The lowest BCUT2D eigenvalue weighted by Crippen LogP contribution is -2.18. The maximum atomic E-state index is 13.7. The Morgan fingerprint density at radius 1 is 1.32 bits per heavy atom. The number of aromatic nitrogens is 1. The molecule has 0 saturated heterocycles. The van der Waals surface area contributed by atoms with Gasteiger partial charge in [0.2, 0.25) is 0 Å². The van der Waals surface area contributed by atoms with Crippen molar-refractivity contribution in [2.24, 2.45) is 0 Å². The minimum absolute atomic E-state index is 0.0403. The lowest BCUT2D eigenvalue weighted by Gasteiger charge is -2.09. The van der Waals surface area contributed by atoms with Crippen molar-refractivity contribution in [1.29, 1.82) is 0 Å². The van der Waals surface area contributed by atoms with Gasteiger partial charge in [-0.15, -0.1) is 11.3 Å². The first kappa shape index (κ1) is 14.1. The van der Waals surface area contributed by atoms with Crippen molar-refractivity contribution in [1.82, 2.24) is 10.3 Å². The lowest BCUT2D eigenvalue weighted by molar-refractivity contribution is 0.577. The molecular formula is C14H16F2N2S. The predicted octanol–water partition coefficient (Wildman–Crippen LogP) is 4.15. The molecule has 5 heteroatoms. The molecule has 1 aromatic heterocycles. The van der Waals surface area contributed by atoms with Gasteiger partial charge in [0.15, 0.2) is 0 Å². The third-order valence-electron chi connectivity index (χ3n) is 2.83. The number of nitrogens with one attached hydrogen (secondary N) is 1. The molecular weight excluding hydrogens is 266 g/mol. The van der Waals surface area contributed by atoms with Crippen molar-refractivity contribution in [3.63, 3.8) is 0 Å². The van der Waals surface area contributed by atoms with E-state index in [9.17, 15) is 8.78 Å². The second-order valence-electron chi connectivity index (χ2n) is 4.34. The number of thiazole rings is 1. The van der Waals surface area contributed by atoms with E-state index >= 15 is 0 Å². The van der Waals surface area contributed by atoms with Crippen LogP contribution in [0.4, 0.5) is 8.78 Å². The highest BCUT2D eigenvalue weighted by Crippen LogP contribution is 2.32. The van der Waals surface area contributed by atoms with E-state index in [4.69, 9.17) is 0 Å². The third-order valence-corrected chi connectivity index (χ3v) is 4.03. The standard InChI is InChI=1S/C14H16F2N2S/c1-3-7-17-9(2)12-8-18-14(19-12)13-10(15)5-4-6-11(13)16/h4-6,8-9,17H,3,7H2,1-2H3. The van der Waals surface area contributed by atoms with Crippen LogP contribution in [0.2, 0.25) is 0 Å². The summed E-state index contributed by atoms with van der Waals surface area (Å²) >= 11 is 1.32. The third kappa shape index (κ3) is 3.16. The minimum atomic E-state index is -0.574. The van der Waals surface area contributed by atoms with Crippen molar-refractivity contribution in [2.45, 2.75) is 26.3 Å². The maximum absolute atomic E-state index is 13.7. The van der Waals surface area contributed by atoms with Crippen molar-refractivity contribution in [3.8, 4) is 10.6 Å². The van der Waals surface area contributed by atoms with Crippen LogP contribution in [0, 0.1) is 11.6 Å². The van der Waals surface area contributed by atoms with E-state index < -0.39 is 11.6 Å². The Labute approximate surface area is 115 Å². The van der Waals surface area contributed by atoms with E-state index in [1.807, 2.05) is 6.92 Å². The Kier molecular flexibility index (Phi) is 4.61. The topological polar surface area (TPSA) is 24.9 Å². The van der Waals surface area contributed by atoms with Gasteiger partial charge >= 0.3 is 0 Å². The van der Waals surface area contributed by atoms with Crippen LogP contribution in [0.15, 0.2) is 24.4 Å². The molecule has 1 atom stereocenters. The Morgan fingerprint density at radius 2 is 2.00 bits per heavy atom. The van der Waals surface area contributed by atoms with E-state index in [-0.39, 0.29) is 11.6 Å². The van der Waals surface area contributed by atoms with Gasteiger partial charge in [-0.1, -0.05) is 13.0 Å². The van der Waals surface area contributed by atoms with Crippen LogP contribution in [0.5, 0.6) is 0 Å². The zero-order valence-corrected chi connectivity index (χ0v) is 11.7. The molecule has 1 heterocycles. The van der Waals surface area contributed by atoms with Crippen molar-refractivity contribution >= 4 is 11.3 Å². The van der Waals surface area contributed by atoms with Crippen LogP contribution in [-0.2, 0) is 0 Å². The van der Waals surface area contributed by atoms with Gasteiger partial charge in [0, 0.05) is 17.1 Å². The fourth-order valence-corrected chi connectivity index (χ4v) is 2.76. The van der Waals surface area contributed by atoms with Crippen LogP contribution < -0.4 is 5.32 Å². The normalized spacial score (nSPS) is 12.6. The summed E-state index contributed by atoms with van der Waals surface area (Å²) in [6.07, 6.45) is 2.72. The maximum Gasteiger partial charge on any atom is 0.136 e. The number of nitrogens with zero attached hydrogens (tertiary/aromatic N) is 1. The van der Waals surface area contributed by atoms with Gasteiger partial charge in [0.25, 0.3) is 0 Å². The molecule has 2 aromatic rings. The van der Waals surface area contributed by atoms with Gasteiger partial charge in [-0.05, 0) is 32.0 Å². The number of benzene rings is 1. The monoisotopic (exact) mass is 282 g/mol. The Hall–Kier alpha value is -1.33. The van der Waals surface area contributed by atoms with Crippen LogP contribution in [-0.4, -0.2) is 11.5 Å². The van der Waals surface area contributed by atoms with Crippen LogP contribution in [0.25, 0.3) is 10.6 Å². The van der Waals surface area contributed by atoms with Crippen LogP contribution in [0.1, 0.15) is 31.2 Å². The molecule has 19 heavy (non-hydrogen) atoms. The van der Waals surface area contributed by atoms with E-state index in [1.165, 1.54) is 29.5 Å². The fourth-order valence-electron chi connectivity index (χ4n) is 1.77. The van der Waals surface area contributed by atoms with E-state index in [0.717, 1.165) is 17.8 Å². The number of hydrogen-bond donors (Lipinski definition) is 1. The predicted molar refractivity (Wildman–Crippen MR) is 74.2 cm³/mol. The molecule has 0 radical (unpaired) electrons. The van der Waals surface area contributed by atoms with Crippen LogP contribution in [0.3, 0.4) is 0 Å². The van der Waals surface area contributed by atoms with Gasteiger partial charge < -0.3 is 5.32 Å². The van der Waals surface area contributed by atoms with Gasteiger partial charge in [-0.25, -0.2) is 13.8 Å². The molecule has 0 saturated carbocycles. The van der Waals surface area contributed by atoms with Gasteiger partial charge in [0.05, 0.1) is 5.56 Å². The summed E-state index contributed by atoms with van der Waals surface area (Å²) in [5, 5.41) is 3.71. The van der Waals surface area contributed by atoms with E-state index in [1.54, 1.807) is 6.20 Å². The molecule has 0 fully saturated rings. The molecule has 2 rings (SSSR count). The molecule has 2 nitrogen and oxygen atoms in total. The minimum Gasteiger partial charge on any atom is -0.309 e. The number of halogens is 2. The molecule has 0 bridgehead atoms. The molecule has 0 spiro atoms. The average molecular weight is 282 g/mol. The summed E-state index contributed by atoms with van der Waals surface area (Å²) < 4.78 is 27.3. The smallest absolute Gasteiger partial charge is 0.136 e. The largest absolute Gasteiger partial charge is 0.309 e. The Morgan fingerprint density at radius 3 is 2.63 bits per heavy atom. The fraction of sp³-hybridized carbons (Fsp3) is 0.357. The highest BCUT2D eigenvalue weighted by molar-refractivity contribution is 7.15. The Balaban J connectivity index is 2.26. The molecule has 0 aliphatic heterocycles. The second kappa shape index (κ2) is 6.21. The number of hydrogen-bond acceptors (Lipinski definition) is 3. The number of rotatable bonds is 5. The summed E-state index contributed by atoms with van der Waals surface area (Å²) in [5.74, 6) is -1.15. The summed E-state index contributed by atoms with van der Waals surface area (Å²) in [5.41, 5.74) is -0.0403.